The zero-order valence-corrected chi connectivity index (χ0v) is 19.2. The number of hydrogen-bond donors (Lipinski definition) is 2. The molecule has 176 valence electrons. The SMILES string of the molecule is CC(C)OC(=O)CCC/C=C/C[C@@H]1[C@@H](/C=C/[C@H](O)C2Cc3ccccc3C2)[C@@H](F)C[C@@H]1O. The van der Waals surface area contributed by atoms with Crippen LogP contribution in [0.4, 0.5) is 4.39 Å². The molecule has 1 aromatic carbocycles. The first kappa shape index (κ1) is 24.7. The van der Waals surface area contributed by atoms with Crippen LogP contribution in [0.1, 0.15) is 57.1 Å². The van der Waals surface area contributed by atoms with Gasteiger partial charge in [0.05, 0.1) is 18.3 Å². The van der Waals surface area contributed by atoms with Crippen molar-refractivity contribution in [2.75, 3.05) is 0 Å². The van der Waals surface area contributed by atoms with Crippen LogP contribution in [0.5, 0.6) is 0 Å². The molecule has 0 heterocycles. The molecule has 4 nitrogen and oxygen atoms in total. The molecule has 0 unspecified atom stereocenters. The van der Waals surface area contributed by atoms with E-state index in [1.807, 2.05) is 38.1 Å². The lowest BCUT2D eigenvalue weighted by atomic mass is 9.89. The highest BCUT2D eigenvalue weighted by atomic mass is 19.1. The number of carbonyl (C=O) groups is 1. The maximum Gasteiger partial charge on any atom is 0.306 e. The van der Waals surface area contributed by atoms with Gasteiger partial charge in [0.1, 0.15) is 6.17 Å². The first-order valence-corrected chi connectivity index (χ1v) is 11.9. The molecule has 0 spiro atoms. The van der Waals surface area contributed by atoms with E-state index in [1.54, 1.807) is 12.2 Å². The van der Waals surface area contributed by atoms with Gasteiger partial charge in [-0.1, -0.05) is 48.6 Å². The molecular weight excluding hydrogens is 407 g/mol. The third-order valence-electron chi connectivity index (χ3n) is 6.66. The minimum absolute atomic E-state index is 0.0944. The van der Waals surface area contributed by atoms with E-state index in [2.05, 4.69) is 12.1 Å². The van der Waals surface area contributed by atoms with Gasteiger partial charge in [0, 0.05) is 18.8 Å². The molecule has 1 saturated carbocycles. The monoisotopic (exact) mass is 444 g/mol. The van der Waals surface area contributed by atoms with E-state index in [9.17, 15) is 19.4 Å². The summed E-state index contributed by atoms with van der Waals surface area (Å²) < 4.78 is 19.7. The summed E-state index contributed by atoms with van der Waals surface area (Å²) in [5.74, 6) is -0.659. The highest BCUT2D eigenvalue weighted by Gasteiger charge is 2.40. The van der Waals surface area contributed by atoms with Crippen molar-refractivity contribution in [2.45, 2.75) is 83.3 Å². The van der Waals surface area contributed by atoms with E-state index in [-0.39, 0.29) is 30.3 Å². The van der Waals surface area contributed by atoms with Crippen LogP contribution in [0, 0.1) is 17.8 Å². The molecule has 2 aliphatic rings. The summed E-state index contributed by atoms with van der Waals surface area (Å²) in [6, 6.07) is 8.25. The predicted molar refractivity (Wildman–Crippen MR) is 124 cm³/mol. The second kappa shape index (κ2) is 11.8. The average molecular weight is 445 g/mol. The fourth-order valence-corrected chi connectivity index (χ4v) is 4.96. The molecule has 1 aromatic rings. The number of unbranched alkanes of at least 4 members (excludes halogenated alkanes) is 1. The van der Waals surface area contributed by atoms with Crippen LogP contribution in [-0.2, 0) is 22.4 Å². The fraction of sp³-hybridized carbons (Fsp3) is 0.593. The molecule has 5 atom stereocenters. The van der Waals surface area contributed by atoms with E-state index in [0.29, 0.717) is 19.3 Å². The van der Waals surface area contributed by atoms with Crippen molar-refractivity contribution in [1.29, 1.82) is 0 Å². The summed E-state index contributed by atoms with van der Waals surface area (Å²) in [7, 11) is 0. The lowest BCUT2D eigenvalue weighted by molar-refractivity contribution is -0.147. The van der Waals surface area contributed by atoms with Crippen molar-refractivity contribution >= 4 is 5.97 Å². The van der Waals surface area contributed by atoms with Crippen LogP contribution in [0.2, 0.25) is 0 Å². The zero-order valence-electron chi connectivity index (χ0n) is 19.2. The summed E-state index contributed by atoms with van der Waals surface area (Å²) in [6.45, 7) is 3.67. The highest BCUT2D eigenvalue weighted by Crippen LogP contribution is 2.38. The Morgan fingerprint density at radius 3 is 2.56 bits per heavy atom. The number of fused-ring (bicyclic) bond motifs is 1. The molecule has 0 radical (unpaired) electrons. The molecule has 3 rings (SSSR count). The number of allylic oxidation sites excluding steroid dienone is 3. The molecule has 0 saturated heterocycles. The first-order valence-electron chi connectivity index (χ1n) is 11.9. The van der Waals surface area contributed by atoms with Crippen LogP contribution in [0.15, 0.2) is 48.6 Å². The number of alkyl halides is 1. The van der Waals surface area contributed by atoms with Crippen LogP contribution in [-0.4, -0.2) is 40.7 Å². The Balaban J connectivity index is 1.47. The van der Waals surface area contributed by atoms with E-state index < -0.39 is 24.3 Å². The Hall–Kier alpha value is -1.98. The zero-order chi connectivity index (χ0) is 23.1. The summed E-state index contributed by atoms with van der Waals surface area (Å²) >= 11 is 0. The standard InChI is InChI=1S/C27H37FO4/c1-18(2)32-27(31)12-6-4-3-5-11-23-22(24(28)17-26(23)30)13-14-25(29)21-15-19-9-7-8-10-20(19)16-21/h3,5,7-10,13-14,18,21-26,29-30H,4,6,11-12,15-17H2,1-2H3/b5-3+,14-13+/t22-,23-,24+,25+,26+/m1/s1. The lowest BCUT2D eigenvalue weighted by Crippen LogP contribution is -2.21. The van der Waals surface area contributed by atoms with Gasteiger partial charge < -0.3 is 14.9 Å². The van der Waals surface area contributed by atoms with E-state index in [0.717, 1.165) is 19.3 Å². The van der Waals surface area contributed by atoms with Gasteiger partial charge >= 0.3 is 5.97 Å². The number of carbonyl (C=O) groups excluding carboxylic acids is 1. The topological polar surface area (TPSA) is 66.8 Å². The predicted octanol–water partition coefficient (Wildman–Crippen LogP) is 4.72. The van der Waals surface area contributed by atoms with Gasteiger partial charge in [0.25, 0.3) is 0 Å². The normalized spacial score (nSPS) is 26.9. The Morgan fingerprint density at radius 1 is 1.22 bits per heavy atom. The Kier molecular flexibility index (Phi) is 9.06. The minimum atomic E-state index is -1.10. The van der Waals surface area contributed by atoms with E-state index in [1.165, 1.54) is 11.1 Å². The van der Waals surface area contributed by atoms with E-state index in [4.69, 9.17) is 4.74 Å². The van der Waals surface area contributed by atoms with Crippen LogP contribution < -0.4 is 0 Å². The Bertz CT molecular complexity index is 778. The number of aliphatic hydroxyl groups excluding tert-OH is 2. The van der Waals surface area contributed by atoms with Gasteiger partial charge in [0.2, 0.25) is 0 Å². The molecule has 1 fully saturated rings. The fourth-order valence-electron chi connectivity index (χ4n) is 4.96. The average Bonchev–Trinajstić information content (AvgIpc) is 3.29. The quantitative estimate of drug-likeness (QED) is 0.311. The smallest absolute Gasteiger partial charge is 0.306 e. The minimum Gasteiger partial charge on any atom is -0.463 e. The van der Waals surface area contributed by atoms with Crippen molar-refractivity contribution in [3.8, 4) is 0 Å². The first-order chi connectivity index (χ1) is 15.3. The van der Waals surface area contributed by atoms with Crippen molar-refractivity contribution in [3.63, 3.8) is 0 Å². The molecule has 2 N–H and O–H groups in total. The van der Waals surface area contributed by atoms with E-state index >= 15 is 0 Å². The molecule has 2 aliphatic carbocycles. The molecule has 0 bridgehead atoms. The van der Waals surface area contributed by atoms with Crippen molar-refractivity contribution in [2.24, 2.45) is 17.8 Å². The van der Waals surface area contributed by atoms with Gasteiger partial charge in [0.15, 0.2) is 0 Å². The lowest BCUT2D eigenvalue weighted by Gasteiger charge is -2.20. The molecule has 0 amide bonds. The summed E-state index contributed by atoms with van der Waals surface area (Å²) in [4.78, 5) is 11.6. The number of ether oxygens (including phenoxy) is 1. The highest BCUT2D eigenvalue weighted by molar-refractivity contribution is 5.69. The Morgan fingerprint density at radius 2 is 1.91 bits per heavy atom. The third-order valence-corrected chi connectivity index (χ3v) is 6.66. The Labute approximate surface area is 191 Å². The number of rotatable bonds is 10. The molecule has 32 heavy (non-hydrogen) atoms. The van der Waals surface area contributed by atoms with Crippen LogP contribution in [0.3, 0.4) is 0 Å². The second-order valence-corrected chi connectivity index (χ2v) is 9.51. The van der Waals surface area contributed by atoms with Crippen LogP contribution in [0.25, 0.3) is 0 Å². The number of halogens is 1. The number of benzene rings is 1. The largest absolute Gasteiger partial charge is 0.463 e. The molecular formula is C27H37FO4. The number of aliphatic hydroxyl groups is 2. The summed E-state index contributed by atoms with van der Waals surface area (Å²) in [6.07, 6.45) is 9.24. The molecule has 0 aliphatic heterocycles. The molecule has 5 heteroatoms. The van der Waals surface area contributed by atoms with Gasteiger partial charge in [-0.25, -0.2) is 4.39 Å². The summed E-state index contributed by atoms with van der Waals surface area (Å²) in [5.41, 5.74) is 2.56. The van der Waals surface area contributed by atoms with Gasteiger partial charge in [-0.05, 0) is 68.9 Å². The second-order valence-electron chi connectivity index (χ2n) is 9.51. The van der Waals surface area contributed by atoms with Crippen LogP contribution >= 0.6 is 0 Å². The molecule has 0 aromatic heterocycles. The van der Waals surface area contributed by atoms with Crippen molar-refractivity contribution < 1.29 is 24.1 Å². The summed E-state index contributed by atoms with van der Waals surface area (Å²) in [5, 5.41) is 21.0. The number of hydrogen-bond acceptors (Lipinski definition) is 4. The van der Waals surface area contributed by atoms with Crippen molar-refractivity contribution in [1.82, 2.24) is 0 Å². The van der Waals surface area contributed by atoms with Gasteiger partial charge in [-0.2, -0.15) is 0 Å². The van der Waals surface area contributed by atoms with Gasteiger partial charge in [-0.15, -0.1) is 0 Å². The number of esters is 1. The third kappa shape index (κ3) is 6.76. The van der Waals surface area contributed by atoms with Gasteiger partial charge in [-0.3, -0.25) is 4.79 Å². The maximum atomic E-state index is 14.6. The maximum absolute atomic E-state index is 14.6. The van der Waals surface area contributed by atoms with Crippen molar-refractivity contribution in [3.05, 3.63) is 59.7 Å².